The topological polar surface area (TPSA) is 60.9 Å². The van der Waals surface area contributed by atoms with Gasteiger partial charge in [0.25, 0.3) is 0 Å². The van der Waals surface area contributed by atoms with Crippen LogP contribution in [0.25, 0.3) is 0 Å². The van der Waals surface area contributed by atoms with Gasteiger partial charge < -0.3 is 14.9 Å². The van der Waals surface area contributed by atoms with Crippen LogP contribution >= 0.6 is 0 Å². The van der Waals surface area contributed by atoms with Crippen molar-refractivity contribution >= 4 is 12.0 Å². The maximum absolute atomic E-state index is 12.2. The van der Waals surface area contributed by atoms with Crippen LogP contribution in [0.1, 0.15) is 33.6 Å². The average molecular weight is 256 g/mol. The number of rotatable bonds is 7. The molecule has 0 aromatic rings. The van der Waals surface area contributed by atoms with E-state index in [-0.39, 0.29) is 6.03 Å². The van der Waals surface area contributed by atoms with E-state index < -0.39 is 11.5 Å². The summed E-state index contributed by atoms with van der Waals surface area (Å²) >= 11 is 0. The molecule has 2 amide bonds. The number of urea groups is 1. The summed E-state index contributed by atoms with van der Waals surface area (Å²) in [6.45, 7) is 9.43. The molecule has 0 saturated heterocycles. The quantitative estimate of drug-likeness (QED) is 0.561. The number of unbranched alkanes of at least 4 members (excludes halogenated alkanes) is 1. The first-order chi connectivity index (χ1) is 8.28. The first kappa shape index (κ1) is 16.5. The Balaban J connectivity index is 4.70. The normalized spacial score (nSPS) is 10.9. The van der Waals surface area contributed by atoms with Crippen LogP contribution in [0, 0.1) is 0 Å². The summed E-state index contributed by atoms with van der Waals surface area (Å²) in [6.07, 6.45) is 3.47. The van der Waals surface area contributed by atoms with Crippen molar-refractivity contribution in [1.82, 2.24) is 9.80 Å². The van der Waals surface area contributed by atoms with Gasteiger partial charge in [0.2, 0.25) is 0 Å². The van der Waals surface area contributed by atoms with Crippen LogP contribution in [0.15, 0.2) is 12.7 Å². The Morgan fingerprint density at radius 3 is 2.33 bits per heavy atom. The van der Waals surface area contributed by atoms with Crippen molar-refractivity contribution in [2.24, 2.45) is 0 Å². The maximum Gasteiger partial charge on any atom is 0.329 e. The van der Waals surface area contributed by atoms with Crippen molar-refractivity contribution in [3.63, 3.8) is 0 Å². The number of aliphatic carboxylic acids is 1. The highest BCUT2D eigenvalue weighted by atomic mass is 16.4. The van der Waals surface area contributed by atoms with E-state index in [4.69, 9.17) is 5.11 Å². The van der Waals surface area contributed by atoms with Crippen LogP contribution in [-0.4, -0.2) is 52.6 Å². The largest absolute Gasteiger partial charge is 0.480 e. The number of carbonyl (C=O) groups excluding carboxylic acids is 1. The van der Waals surface area contributed by atoms with Gasteiger partial charge in [-0.25, -0.2) is 9.59 Å². The van der Waals surface area contributed by atoms with E-state index in [1.54, 1.807) is 24.9 Å². The standard InChI is InChI=1S/C13H24N2O3/c1-6-8-9-10-14(5)12(18)15(7-2)13(3,4)11(16)17/h6H,1,7-10H2,2-5H3,(H,16,17). The van der Waals surface area contributed by atoms with Gasteiger partial charge in [-0.1, -0.05) is 6.08 Å². The third-order valence-electron chi connectivity index (χ3n) is 2.97. The van der Waals surface area contributed by atoms with Gasteiger partial charge in [0.05, 0.1) is 0 Å². The van der Waals surface area contributed by atoms with Gasteiger partial charge in [-0.15, -0.1) is 6.58 Å². The zero-order chi connectivity index (χ0) is 14.3. The van der Waals surface area contributed by atoms with Gasteiger partial charge in [0, 0.05) is 20.1 Å². The van der Waals surface area contributed by atoms with Crippen molar-refractivity contribution in [2.75, 3.05) is 20.1 Å². The number of hydrogen-bond donors (Lipinski definition) is 1. The van der Waals surface area contributed by atoms with Gasteiger partial charge in [-0.2, -0.15) is 0 Å². The summed E-state index contributed by atoms with van der Waals surface area (Å²) < 4.78 is 0. The Morgan fingerprint density at radius 2 is 1.94 bits per heavy atom. The average Bonchev–Trinajstić information content (AvgIpc) is 2.29. The number of nitrogens with zero attached hydrogens (tertiary/aromatic N) is 2. The Hall–Kier alpha value is -1.52. The van der Waals surface area contributed by atoms with E-state index in [2.05, 4.69) is 6.58 Å². The highest BCUT2D eigenvalue weighted by Crippen LogP contribution is 2.16. The number of allylic oxidation sites excluding steroid dienone is 1. The molecule has 1 N–H and O–H groups in total. The lowest BCUT2D eigenvalue weighted by Crippen LogP contribution is -2.56. The molecule has 0 spiro atoms. The summed E-state index contributed by atoms with van der Waals surface area (Å²) in [5, 5.41) is 9.16. The highest BCUT2D eigenvalue weighted by Gasteiger charge is 2.37. The molecule has 0 bridgehead atoms. The minimum absolute atomic E-state index is 0.256. The lowest BCUT2D eigenvalue weighted by molar-refractivity contribution is -0.147. The molecule has 0 radical (unpaired) electrons. The summed E-state index contributed by atoms with van der Waals surface area (Å²) in [5.74, 6) is -1.00. The Labute approximate surface area is 109 Å². The van der Waals surface area contributed by atoms with E-state index in [1.165, 1.54) is 18.7 Å². The molecule has 0 aliphatic carbocycles. The predicted octanol–water partition coefficient (Wildman–Crippen LogP) is 2.19. The third kappa shape index (κ3) is 4.05. The van der Waals surface area contributed by atoms with Crippen molar-refractivity contribution in [2.45, 2.75) is 39.2 Å². The van der Waals surface area contributed by atoms with Gasteiger partial charge >= 0.3 is 12.0 Å². The number of carbonyl (C=O) groups is 2. The molecule has 0 aliphatic heterocycles. The minimum atomic E-state index is -1.20. The van der Waals surface area contributed by atoms with Crippen LogP contribution < -0.4 is 0 Å². The molecule has 0 saturated carbocycles. The summed E-state index contributed by atoms with van der Waals surface area (Å²) in [4.78, 5) is 26.3. The summed E-state index contributed by atoms with van der Waals surface area (Å²) in [6, 6.07) is -0.256. The van der Waals surface area contributed by atoms with Crippen molar-refractivity contribution in [3.05, 3.63) is 12.7 Å². The number of carboxylic acid groups (broad SMARTS) is 1. The van der Waals surface area contributed by atoms with E-state index in [9.17, 15) is 9.59 Å². The molecule has 104 valence electrons. The molecule has 0 heterocycles. The lowest BCUT2D eigenvalue weighted by atomic mass is 10.0. The highest BCUT2D eigenvalue weighted by molar-refractivity contribution is 5.85. The van der Waals surface area contributed by atoms with Crippen LogP contribution in [-0.2, 0) is 4.79 Å². The molecule has 5 nitrogen and oxygen atoms in total. The molecule has 0 fully saturated rings. The molecular weight excluding hydrogens is 232 g/mol. The van der Waals surface area contributed by atoms with Crippen LogP contribution in [0.4, 0.5) is 4.79 Å². The van der Waals surface area contributed by atoms with E-state index >= 15 is 0 Å². The second kappa shape index (κ2) is 7.03. The maximum atomic E-state index is 12.2. The molecule has 5 heteroatoms. The zero-order valence-corrected chi connectivity index (χ0v) is 11.8. The van der Waals surface area contributed by atoms with Gasteiger partial charge in [-0.3, -0.25) is 0 Å². The molecule has 0 atom stereocenters. The predicted molar refractivity (Wildman–Crippen MR) is 71.6 cm³/mol. The second-order valence-electron chi connectivity index (χ2n) is 4.74. The van der Waals surface area contributed by atoms with Crippen LogP contribution in [0.3, 0.4) is 0 Å². The molecular formula is C13H24N2O3. The molecule has 0 aromatic heterocycles. The molecule has 0 aliphatic rings. The zero-order valence-electron chi connectivity index (χ0n) is 11.8. The fraction of sp³-hybridized carbons (Fsp3) is 0.692. The van der Waals surface area contributed by atoms with Gasteiger partial charge in [0.1, 0.15) is 5.54 Å². The number of amides is 2. The first-order valence-electron chi connectivity index (χ1n) is 6.16. The number of hydrogen-bond acceptors (Lipinski definition) is 2. The fourth-order valence-corrected chi connectivity index (χ4v) is 1.66. The number of likely N-dealkylation sites (N-methyl/N-ethyl adjacent to an activating group) is 1. The monoisotopic (exact) mass is 256 g/mol. The minimum Gasteiger partial charge on any atom is -0.480 e. The van der Waals surface area contributed by atoms with Gasteiger partial charge in [0.15, 0.2) is 0 Å². The van der Waals surface area contributed by atoms with Crippen molar-refractivity contribution in [1.29, 1.82) is 0 Å². The van der Waals surface area contributed by atoms with E-state index in [0.717, 1.165) is 12.8 Å². The fourth-order valence-electron chi connectivity index (χ4n) is 1.66. The van der Waals surface area contributed by atoms with Crippen LogP contribution in [0.2, 0.25) is 0 Å². The Morgan fingerprint density at radius 1 is 1.39 bits per heavy atom. The van der Waals surface area contributed by atoms with E-state index in [1.807, 2.05) is 0 Å². The lowest BCUT2D eigenvalue weighted by Gasteiger charge is -2.36. The summed E-state index contributed by atoms with van der Waals surface area (Å²) in [5.41, 5.74) is -1.20. The molecule has 0 unspecified atom stereocenters. The SMILES string of the molecule is C=CCCCN(C)C(=O)N(CC)C(C)(C)C(=O)O. The molecule has 0 rings (SSSR count). The van der Waals surface area contributed by atoms with Gasteiger partial charge in [-0.05, 0) is 33.6 Å². The van der Waals surface area contributed by atoms with E-state index in [0.29, 0.717) is 13.1 Å². The smallest absolute Gasteiger partial charge is 0.329 e. The third-order valence-corrected chi connectivity index (χ3v) is 2.97. The molecule has 0 aromatic carbocycles. The number of carboxylic acids is 1. The van der Waals surface area contributed by atoms with Crippen LogP contribution in [0.5, 0.6) is 0 Å². The first-order valence-corrected chi connectivity index (χ1v) is 6.16. The second-order valence-corrected chi connectivity index (χ2v) is 4.74. The summed E-state index contributed by atoms with van der Waals surface area (Å²) in [7, 11) is 1.69. The Kier molecular flexibility index (Phi) is 6.44. The van der Waals surface area contributed by atoms with Crippen molar-refractivity contribution < 1.29 is 14.7 Å². The Bertz CT molecular complexity index is 313. The molecule has 18 heavy (non-hydrogen) atoms. The van der Waals surface area contributed by atoms with Crippen molar-refractivity contribution in [3.8, 4) is 0 Å².